The molecular weight excluding hydrogens is 278 g/mol. The number of carboxylic acid groups (broad SMARTS) is 1. The first-order valence-electron chi connectivity index (χ1n) is 6.17. The van der Waals surface area contributed by atoms with Crippen molar-refractivity contribution in [2.45, 2.75) is 6.54 Å². The summed E-state index contributed by atoms with van der Waals surface area (Å²) in [6.45, 7) is 0.200. The molecule has 1 N–H and O–H groups in total. The molecule has 6 heteroatoms. The average Bonchev–Trinajstić information content (AvgIpc) is 2.78. The number of aromatic carboxylic acids is 1. The van der Waals surface area contributed by atoms with Crippen LogP contribution in [0.2, 0.25) is 0 Å². The fraction of sp³-hybridized carbons (Fsp3) is 0.0667. The van der Waals surface area contributed by atoms with Gasteiger partial charge in [-0.2, -0.15) is 5.10 Å². The summed E-state index contributed by atoms with van der Waals surface area (Å²) in [5.74, 6) is -2.32. The lowest BCUT2D eigenvalue weighted by Gasteiger charge is -2.02. The second-order valence-electron chi connectivity index (χ2n) is 4.68. The van der Waals surface area contributed by atoms with Gasteiger partial charge in [-0.25, -0.2) is 13.6 Å². The van der Waals surface area contributed by atoms with Gasteiger partial charge in [-0.1, -0.05) is 6.07 Å². The molecule has 0 unspecified atom stereocenters. The Hall–Kier alpha value is -2.76. The van der Waals surface area contributed by atoms with Gasteiger partial charge in [-0.3, -0.25) is 4.68 Å². The van der Waals surface area contributed by atoms with Crippen LogP contribution in [0.25, 0.3) is 10.9 Å². The smallest absolute Gasteiger partial charge is 0.335 e. The number of fused-ring (bicyclic) bond motifs is 1. The Morgan fingerprint density at radius 2 is 1.86 bits per heavy atom. The first-order valence-corrected chi connectivity index (χ1v) is 6.17. The Labute approximate surface area is 118 Å². The van der Waals surface area contributed by atoms with Crippen molar-refractivity contribution in [1.29, 1.82) is 0 Å². The molecule has 21 heavy (non-hydrogen) atoms. The highest BCUT2D eigenvalue weighted by atomic mass is 19.1. The Bertz CT molecular complexity index is 823. The number of carboxylic acids is 1. The summed E-state index contributed by atoms with van der Waals surface area (Å²) in [6, 6.07) is 7.87. The van der Waals surface area contributed by atoms with Crippen LogP contribution >= 0.6 is 0 Å². The molecule has 3 rings (SSSR count). The molecule has 106 valence electrons. The van der Waals surface area contributed by atoms with Crippen LogP contribution in [0.15, 0.2) is 42.6 Å². The van der Waals surface area contributed by atoms with E-state index in [0.717, 1.165) is 11.5 Å². The van der Waals surface area contributed by atoms with E-state index in [1.54, 1.807) is 12.3 Å². The number of aromatic nitrogens is 2. The van der Waals surface area contributed by atoms with E-state index in [1.807, 2.05) is 0 Å². The fourth-order valence-electron chi connectivity index (χ4n) is 2.17. The van der Waals surface area contributed by atoms with Gasteiger partial charge in [0.05, 0.1) is 17.6 Å². The van der Waals surface area contributed by atoms with E-state index in [2.05, 4.69) is 5.10 Å². The highest BCUT2D eigenvalue weighted by Gasteiger charge is 2.08. The summed E-state index contributed by atoms with van der Waals surface area (Å²) in [5.41, 5.74) is 1.11. The lowest BCUT2D eigenvalue weighted by Crippen LogP contribution is -2.01. The minimum Gasteiger partial charge on any atom is -0.478 e. The normalized spacial score (nSPS) is 11.0. The van der Waals surface area contributed by atoms with Gasteiger partial charge in [0.15, 0.2) is 0 Å². The van der Waals surface area contributed by atoms with E-state index in [9.17, 15) is 13.6 Å². The molecule has 3 aromatic rings. The number of hydrogen-bond donors (Lipinski definition) is 1. The van der Waals surface area contributed by atoms with Gasteiger partial charge < -0.3 is 5.11 Å². The largest absolute Gasteiger partial charge is 0.478 e. The molecule has 4 nitrogen and oxygen atoms in total. The van der Waals surface area contributed by atoms with Crippen LogP contribution < -0.4 is 0 Å². The first-order chi connectivity index (χ1) is 10.0. The van der Waals surface area contributed by atoms with E-state index in [1.165, 1.54) is 28.9 Å². The zero-order valence-corrected chi connectivity index (χ0v) is 10.8. The van der Waals surface area contributed by atoms with Gasteiger partial charge in [-0.05, 0) is 29.8 Å². The van der Waals surface area contributed by atoms with E-state index in [-0.39, 0.29) is 12.1 Å². The average molecular weight is 288 g/mol. The van der Waals surface area contributed by atoms with Gasteiger partial charge in [0.1, 0.15) is 11.6 Å². The molecule has 0 bridgehead atoms. The summed E-state index contributed by atoms with van der Waals surface area (Å²) < 4.78 is 27.8. The zero-order chi connectivity index (χ0) is 15.0. The van der Waals surface area contributed by atoms with Crippen molar-refractivity contribution in [1.82, 2.24) is 9.78 Å². The molecule has 0 spiro atoms. The Morgan fingerprint density at radius 3 is 2.52 bits per heavy atom. The van der Waals surface area contributed by atoms with Gasteiger partial charge in [-0.15, -0.1) is 0 Å². The Morgan fingerprint density at radius 1 is 1.14 bits per heavy atom. The highest BCUT2D eigenvalue weighted by Crippen LogP contribution is 2.16. The Balaban J connectivity index is 1.95. The molecule has 0 saturated heterocycles. The van der Waals surface area contributed by atoms with Crippen molar-refractivity contribution in [3.63, 3.8) is 0 Å². The van der Waals surface area contributed by atoms with Crippen LogP contribution in [-0.2, 0) is 6.54 Å². The molecule has 2 aromatic carbocycles. The SMILES string of the molecule is O=C(O)c1ccc2cn(Cc3cc(F)cc(F)c3)nc2c1. The van der Waals surface area contributed by atoms with Crippen LogP contribution in [0, 0.1) is 11.6 Å². The van der Waals surface area contributed by atoms with Crippen molar-refractivity contribution in [2.24, 2.45) is 0 Å². The summed E-state index contributed by atoms with van der Waals surface area (Å²) >= 11 is 0. The number of halogens is 2. The third kappa shape index (κ3) is 2.74. The number of rotatable bonds is 3. The van der Waals surface area contributed by atoms with Gasteiger partial charge >= 0.3 is 5.97 Å². The van der Waals surface area contributed by atoms with Crippen LogP contribution in [0.5, 0.6) is 0 Å². The molecule has 0 aliphatic carbocycles. The lowest BCUT2D eigenvalue weighted by atomic mass is 10.2. The molecule has 0 atom stereocenters. The van der Waals surface area contributed by atoms with E-state index in [4.69, 9.17) is 5.11 Å². The predicted molar refractivity (Wildman–Crippen MR) is 72.2 cm³/mol. The zero-order valence-electron chi connectivity index (χ0n) is 10.8. The quantitative estimate of drug-likeness (QED) is 0.806. The van der Waals surface area contributed by atoms with Gasteiger partial charge in [0.2, 0.25) is 0 Å². The summed E-state index contributed by atoms with van der Waals surface area (Å²) in [7, 11) is 0. The maximum Gasteiger partial charge on any atom is 0.335 e. The lowest BCUT2D eigenvalue weighted by molar-refractivity contribution is 0.0697. The molecule has 0 aliphatic rings. The van der Waals surface area contributed by atoms with Crippen LogP contribution in [0.3, 0.4) is 0 Å². The third-order valence-electron chi connectivity index (χ3n) is 3.07. The molecule has 0 amide bonds. The Kier molecular flexibility index (Phi) is 3.13. The predicted octanol–water partition coefficient (Wildman–Crippen LogP) is 3.06. The van der Waals surface area contributed by atoms with Crippen LogP contribution in [-0.4, -0.2) is 20.9 Å². The second-order valence-corrected chi connectivity index (χ2v) is 4.68. The summed E-state index contributed by atoms with van der Waals surface area (Å²) in [6.07, 6.45) is 1.70. The van der Waals surface area contributed by atoms with Crippen molar-refractivity contribution < 1.29 is 18.7 Å². The third-order valence-corrected chi connectivity index (χ3v) is 3.07. The molecule has 0 radical (unpaired) electrons. The molecular formula is C15H10F2N2O2. The van der Waals surface area contributed by atoms with E-state index >= 15 is 0 Å². The molecule has 0 aliphatic heterocycles. The highest BCUT2D eigenvalue weighted by molar-refractivity contribution is 5.92. The number of carbonyl (C=O) groups is 1. The first kappa shape index (κ1) is 13.2. The summed E-state index contributed by atoms with van der Waals surface area (Å²) in [5, 5.41) is 13.9. The molecule has 1 aromatic heterocycles. The maximum atomic E-state index is 13.1. The van der Waals surface area contributed by atoms with Crippen molar-refractivity contribution in [3.05, 3.63) is 65.4 Å². The topological polar surface area (TPSA) is 55.1 Å². The van der Waals surface area contributed by atoms with Gasteiger partial charge in [0, 0.05) is 17.6 Å². The monoisotopic (exact) mass is 288 g/mol. The summed E-state index contributed by atoms with van der Waals surface area (Å²) in [4.78, 5) is 10.9. The minimum atomic E-state index is -1.03. The number of nitrogens with zero attached hydrogens (tertiary/aromatic N) is 2. The second kappa shape index (κ2) is 4.97. The molecule has 0 fully saturated rings. The van der Waals surface area contributed by atoms with Crippen LogP contribution in [0.4, 0.5) is 8.78 Å². The van der Waals surface area contributed by atoms with E-state index in [0.29, 0.717) is 11.1 Å². The van der Waals surface area contributed by atoms with Gasteiger partial charge in [0.25, 0.3) is 0 Å². The molecule has 0 saturated carbocycles. The number of benzene rings is 2. The van der Waals surface area contributed by atoms with Crippen molar-refractivity contribution in [3.8, 4) is 0 Å². The number of hydrogen-bond acceptors (Lipinski definition) is 2. The van der Waals surface area contributed by atoms with E-state index < -0.39 is 17.6 Å². The fourth-order valence-corrected chi connectivity index (χ4v) is 2.17. The van der Waals surface area contributed by atoms with Crippen LogP contribution in [0.1, 0.15) is 15.9 Å². The van der Waals surface area contributed by atoms with Crippen molar-refractivity contribution in [2.75, 3.05) is 0 Å². The minimum absolute atomic E-state index is 0.143. The molecule has 1 heterocycles. The maximum absolute atomic E-state index is 13.1. The van der Waals surface area contributed by atoms with Crippen molar-refractivity contribution >= 4 is 16.9 Å². The standard InChI is InChI=1S/C15H10F2N2O2/c16-12-3-9(4-13(17)6-12)7-19-8-11-2-1-10(15(20)21)5-14(11)18-19/h1-6,8H,7H2,(H,20,21).